The van der Waals surface area contributed by atoms with Gasteiger partial charge in [-0.25, -0.2) is 0 Å². The van der Waals surface area contributed by atoms with Gasteiger partial charge in [0.1, 0.15) is 0 Å². The van der Waals surface area contributed by atoms with Gasteiger partial charge in [-0.15, -0.1) is 0 Å². The number of thioether (sulfide) groups is 1. The van der Waals surface area contributed by atoms with Gasteiger partial charge in [0.05, 0.1) is 4.91 Å². The van der Waals surface area contributed by atoms with Crippen LogP contribution in [0.3, 0.4) is 0 Å². The molecule has 4 rings (SSSR count). The highest BCUT2D eigenvalue weighted by atomic mass is 32.2. The van der Waals surface area contributed by atoms with E-state index >= 15 is 0 Å². The summed E-state index contributed by atoms with van der Waals surface area (Å²) in [6.07, 6.45) is 5.64. The van der Waals surface area contributed by atoms with E-state index in [1.165, 1.54) is 41.8 Å². The van der Waals surface area contributed by atoms with Gasteiger partial charge in [-0.3, -0.25) is 4.79 Å². The average Bonchev–Trinajstić information content (AvgIpc) is 2.97. The summed E-state index contributed by atoms with van der Waals surface area (Å²) in [4.78, 5) is 19.5. The molecular weight excluding hydrogens is 304 g/mol. The number of carbonyl (C=O) groups excluding carboxylic acids is 1. The lowest BCUT2D eigenvalue weighted by atomic mass is 10.0. The molecule has 2 aliphatic rings. The predicted molar refractivity (Wildman–Crippen MR) is 97.4 cm³/mol. The second-order valence-electron chi connectivity index (χ2n) is 5.93. The van der Waals surface area contributed by atoms with Crippen molar-refractivity contribution in [2.45, 2.75) is 19.3 Å². The quantitative estimate of drug-likeness (QED) is 0.734. The Labute approximate surface area is 140 Å². The SMILES string of the molecule is O=C1N=C(N2CCCCC2)S/C1=C/c1cccc2ccccc12. The monoisotopic (exact) mass is 322 g/mol. The van der Waals surface area contributed by atoms with E-state index in [4.69, 9.17) is 0 Å². The number of hydrogen-bond donors (Lipinski definition) is 0. The molecule has 0 saturated carbocycles. The Morgan fingerprint density at radius 2 is 1.78 bits per heavy atom. The number of nitrogens with zero attached hydrogens (tertiary/aromatic N) is 2. The molecule has 2 aromatic rings. The fourth-order valence-corrected chi connectivity index (χ4v) is 4.09. The van der Waals surface area contributed by atoms with Gasteiger partial charge >= 0.3 is 0 Å². The molecule has 0 bridgehead atoms. The summed E-state index contributed by atoms with van der Waals surface area (Å²) in [6, 6.07) is 14.4. The third-order valence-corrected chi connectivity index (χ3v) is 5.39. The molecule has 2 aliphatic heterocycles. The maximum absolute atomic E-state index is 12.3. The lowest BCUT2D eigenvalue weighted by Crippen LogP contribution is -2.33. The van der Waals surface area contributed by atoms with Crippen molar-refractivity contribution in [2.75, 3.05) is 13.1 Å². The van der Waals surface area contributed by atoms with Gasteiger partial charge in [0.2, 0.25) is 0 Å². The second-order valence-corrected chi connectivity index (χ2v) is 6.94. The van der Waals surface area contributed by atoms with Crippen LogP contribution in [0.25, 0.3) is 16.8 Å². The van der Waals surface area contributed by atoms with Crippen LogP contribution in [-0.4, -0.2) is 29.1 Å². The van der Waals surface area contributed by atoms with Gasteiger partial charge in [-0.1, -0.05) is 42.5 Å². The van der Waals surface area contributed by atoms with E-state index in [-0.39, 0.29) is 5.91 Å². The van der Waals surface area contributed by atoms with Gasteiger partial charge < -0.3 is 4.90 Å². The largest absolute Gasteiger partial charge is 0.351 e. The Morgan fingerprint density at radius 1 is 1.00 bits per heavy atom. The minimum Gasteiger partial charge on any atom is -0.351 e. The van der Waals surface area contributed by atoms with Crippen molar-refractivity contribution >= 4 is 39.7 Å². The second kappa shape index (κ2) is 6.20. The molecule has 1 fully saturated rings. The molecule has 2 aromatic carbocycles. The van der Waals surface area contributed by atoms with Crippen LogP contribution in [0.15, 0.2) is 52.4 Å². The van der Waals surface area contributed by atoms with Crippen molar-refractivity contribution in [1.82, 2.24) is 4.90 Å². The number of likely N-dealkylation sites (tertiary alicyclic amines) is 1. The number of rotatable bonds is 1. The molecule has 2 heterocycles. The molecule has 0 radical (unpaired) electrons. The highest BCUT2D eigenvalue weighted by molar-refractivity contribution is 8.18. The minimum atomic E-state index is -0.108. The minimum absolute atomic E-state index is 0.108. The number of piperidine rings is 1. The van der Waals surface area contributed by atoms with Crippen molar-refractivity contribution < 1.29 is 4.79 Å². The Bertz CT molecular complexity index is 814. The highest BCUT2D eigenvalue weighted by Crippen LogP contribution is 2.32. The Hall–Kier alpha value is -2.07. The van der Waals surface area contributed by atoms with Crippen molar-refractivity contribution in [3.05, 3.63) is 52.9 Å². The van der Waals surface area contributed by atoms with Crippen LogP contribution < -0.4 is 0 Å². The molecule has 3 nitrogen and oxygen atoms in total. The van der Waals surface area contributed by atoms with E-state index in [0.29, 0.717) is 0 Å². The van der Waals surface area contributed by atoms with Crippen molar-refractivity contribution in [3.63, 3.8) is 0 Å². The summed E-state index contributed by atoms with van der Waals surface area (Å²) in [5.41, 5.74) is 1.08. The first-order valence-electron chi connectivity index (χ1n) is 8.06. The van der Waals surface area contributed by atoms with Gasteiger partial charge in [-0.2, -0.15) is 4.99 Å². The summed E-state index contributed by atoms with van der Waals surface area (Å²) in [5, 5.41) is 3.23. The molecule has 116 valence electrons. The summed E-state index contributed by atoms with van der Waals surface area (Å²) in [7, 11) is 0. The lowest BCUT2D eigenvalue weighted by Gasteiger charge is -2.27. The van der Waals surface area contributed by atoms with Crippen molar-refractivity contribution in [2.24, 2.45) is 4.99 Å². The van der Waals surface area contributed by atoms with E-state index in [0.717, 1.165) is 28.7 Å². The third kappa shape index (κ3) is 2.91. The third-order valence-electron chi connectivity index (χ3n) is 4.35. The van der Waals surface area contributed by atoms with Gasteiger partial charge in [0.25, 0.3) is 5.91 Å². The molecule has 1 amide bonds. The number of benzene rings is 2. The van der Waals surface area contributed by atoms with Crippen LogP contribution >= 0.6 is 11.8 Å². The molecule has 0 aromatic heterocycles. The topological polar surface area (TPSA) is 32.7 Å². The first-order chi connectivity index (χ1) is 11.3. The molecule has 0 N–H and O–H groups in total. The van der Waals surface area contributed by atoms with Gasteiger partial charge in [0.15, 0.2) is 5.17 Å². The Balaban J connectivity index is 1.63. The molecule has 0 aliphatic carbocycles. The van der Waals surface area contributed by atoms with Gasteiger partial charge in [0, 0.05) is 13.1 Å². The van der Waals surface area contributed by atoms with Crippen LogP contribution in [0, 0.1) is 0 Å². The van der Waals surface area contributed by atoms with Crippen molar-refractivity contribution in [1.29, 1.82) is 0 Å². The van der Waals surface area contributed by atoms with Crippen LogP contribution in [0.4, 0.5) is 0 Å². The molecule has 0 unspecified atom stereocenters. The summed E-state index contributed by atoms with van der Waals surface area (Å²) >= 11 is 1.52. The first-order valence-corrected chi connectivity index (χ1v) is 8.88. The zero-order chi connectivity index (χ0) is 15.6. The Morgan fingerprint density at radius 3 is 2.65 bits per heavy atom. The molecule has 4 heteroatoms. The fraction of sp³-hybridized carbons (Fsp3) is 0.263. The summed E-state index contributed by atoms with van der Waals surface area (Å²) in [5.74, 6) is -0.108. The zero-order valence-corrected chi connectivity index (χ0v) is 13.7. The zero-order valence-electron chi connectivity index (χ0n) is 12.9. The molecule has 0 spiro atoms. The number of hydrogen-bond acceptors (Lipinski definition) is 3. The van der Waals surface area contributed by atoms with E-state index in [1.54, 1.807) is 0 Å². The fourth-order valence-electron chi connectivity index (χ4n) is 3.14. The first kappa shape index (κ1) is 14.5. The maximum atomic E-state index is 12.3. The van der Waals surface area contributed by atoms with E-state index in [9.17, 15) is 4.79 Å². The number of aliphatic imine (C=N–C) groups is 1. The smallest absolute Gasteiger partial charge is 0.286 e. The summed E-state index contributed by atoms with van der Waals surface area (Å²) < 4.78 is 0. The highest BCUT2D eigenvalue weighted by Gasteiger charge is 2.26. The van der Waals surface area contributed by atoms with E-state index < -0.39 is 0 Å². The standard InChI is InChI=1S/C19H18N2OS/c22-18-17(23-19(20-18)21-11-4-1-5-12-21)13-15-9-6-8-14-7-2-3-10-16(14)15/h2-3,6-10,13H,1,4-5,11-12H2/b17-13+. The number of amidine groups is 1. The maximum Gasteiger partial charge on any atom is 0.286 e. The molecule has 0 atom stereocenters. The lowest BCUT2D eigenvalue weighted by molar-refractivity contribution is -0.113. The van der Waals surface area contributed by atoms with Crippen LogP contribution in [0.2, 0.25) is 0 Å². The van der Waals surface area contributed by atoms with E-state index in [1.807, 2.05) is 24.3 Å². The number of fused-ring (bicyclic) bond motifs is 1. The molecule has 1 saturated heterocycles. The van der Waals surface area contributed by atoms with Crippen LogP contribution in [0.1, 0.15) is 24.8 Å². The van der Waals surface area contributed by atoms with Crippen LogP contribution in [0.5, 0.6) is 0 Å². The number of amides is 1. The van der Waals surface area contributed by atoms with Crippen molar-refractivity contribution in [3.8, 4) is 0 Å². The molecule has 23 heavy (non-hydrogen) atoms. The molecular formula is C19H18N2OS. The number of carbonyl (C=O) groups is 1. The predicted octanol–water partition coefficient (Wildman–Crippen LogP) is 4.30. The Kier molecular flexibility index (Phi) is 3.92. The summed E-state index contributed by atoms with van der Waals surface area (Å²) in [6.45, 7) is 2.03. The van der Waals surface area contributed by atoms with Crippen LogP contribution in [-0.2, 0) is 4.79 Å². The van der Waals surface area contributed by atoms with E-state index in [2.05, 4.69) is 34.2 Å². The average molecular weight is 322 g/mol. The van der Waals surface area contributed by atoms with Gasteiger partial charge in [-0.05, 0) is 53.4 Å². The normalized spacial score (nSPS) is 20.3.